The Bertz CT molecular complexity index is 389. The quantitative estimate of drug-likeness (QED) is 0.774. The molecule has 15 heavy (non-hydrogen) atoms. The van der Waals surface area contributed by atoms with Crippen LogP contribution in [0.1, 0.15) is 6.42 Å². The third-order valence-corrected chi connectivity index (χ3v) is 3.67. The summed E-state index contributed by atoms with van der Waals surface area (Å²) in [5.74, 6) is -0.350. The largest absolute Gasteiger partial charge is 0.398 e. The number of hydrogen-bond acceptors (Lipinski definition) is 3. The van der Waals surface area contributed by atoms with E-state index < -0.39 is 16.7 Å². The van der Waals surface area contributed by atoms with Crippen LogP contribution in [0.3, 0.4) is 0 Å². The first kappa shape index (κ1) is 12.0. The molecule has 0 saturated carbocycles. The summed E-state index contributed by atoms with van der Waals surface area (Å²) in [6.45, 7) is 0. The zero-order chi connectivity index (χ0) is 11.4. The molecule has 0 aliphatic heterocycles. The smallest absolute Gasteiger partial charge is 0.218 e. The van der Waals surface area contributed by atoms with Crippen molar-refractivity contribution in [3.8, 4) is 0 Å². The summed E-state index contributed by atoms with van der Waals surface area (Å²) in [6, 6.07) is 4.89. The third kappa shape index (κ3) is 3.21. The van der Waals surface area contributed by atoms with E-state index in [4.69, 9.17) is 23.1 Å². The third-order valence-electron chi connectivity index (χ3n) is 1.76. The van der Waals surface area contributed by atoms with Crippen molar-refractivity contribution in [2.75, 3.05) is 11.5 Å². The normalized spacial score (nSPS) is 12.3. The minimum absolute atomic E-state index is 0.0529. The molecule has 0 spiro atoms. The first-order chi connectivity index (χ1) is 7.02. The summed E-state index contributed by atoms with van der Waals surface area (Å²) in [5, 5.41) is 0.345. The standard InChI is InChI=1S/C9H11ClN2O2S/c10-6-2-1-3-7(11)9(6)15(14)5-4-8(12)13/h1-3H,4-5,11H2,(H2,12,13). The van der Waals surface area contributed by atoms with Crippen molar-refractivity contribution in [3.05, 3.63) is 23.2 Å². The van der Waals surface area contributed by atoms with Gasteiger partial charge >= 0.3 is 0 Å². The summed E-state index contributed by atoms with van der Waals surface area (Å²) in [5.41, 5.74) is 11.0. The van der Waals surface area contributed by atoms with Gasteiger partial charge in [-0.25, -0.2) is 0 Å². The highest BCUT2D eigenvalue weighted by Gasteiger charge is 2.12. The van der Waals surface area contributed by atoms with Crippen molar-refractivity contribution in [1.82, 2.24) is 0 Å². The van der Waals surface area contributed by atoms with E-state index in [2.05, 4.69) is 0 Å². The van der Waals surface area contributed by atoms with Crippen LogP contribution in [-0.2, 0) is 15.6 Å². The molecule has 4 N–H and O–H groups in total. The van der Waals surface area contributed by atoms with Crippen LogP contribution in [0, 0.1) is 0 Å². The minimum Gasteiger partial charge on any atom is -0.398 e. The molecule has 6 heteroatoms. The molecule has 1 unspecified atom stereocenters. The number of anilines is 1. The second-order valence-electron chi connectivity index (χ2n) is 2.92. The molecular formula is C9H11ClN2O2S. The van der Waals surface area contributed by atoms with Crippen LogP contribution in [0.4, 0.5) is 5.69 Å². The van der Waals surface area contributed by atoms with Crippen molar-refractivity contribution in [2.45, 2.75) is 11.3 Å². The molecule has 0 aromatic heterocycles. The molecule has 1 rings (SSSR count). The number of benzene rings is 1. The number of amides is 1. The van der Waals surface area contributed by atoms with Gasteiger partial charge in [0.1, 0.15) is 0 Å². The first-order valence-electron chi connectivity index (χ1n) is 4.23. The fraction of sp³-hybridized carbons (Fsp3) is 0.222. The molecule has 82 valence electrons. The molecule has 1 aromatic rings. The number of rotatable bonds is 4. The predicted molar refractivity (Wildman–Crippen MR) is 61.0 cm³/mol. The first-order valence-corrected chi connectivity index (χ1v) is 5.92. The van der Waals surface area contributed by atoms with E-state index >= 15 is 0 Å². The SMILES string of the molecule is NC(=O)CCS(=O)c1c(N)cccc1Cl. The molecule has 0 heterocycles. The van der Waals surface area contributed by atoms with Crippen molar-refractivity contribution < 1.29 is 9.00 Å². The summed E-state index contributed by atoms with van der Waals surface area (Å²) < 4.78 is 11.7. The highest BCUT2D eigenvalue weighted by Crippen LogP contribution is 2.25. The van der Waals surface area contributed by atoms with Gasteiger partial charge in [0.25, 0.3) is 0 Å². The molecule has 4 nitrogen and oxygen atoms in total. The molecule has 0 bridgehead atoms. The van der Waals surface area contributed by atoms with Gasteiger partial charge in [0.2, 0.25) is 5.91 Å². The fourth-order valence-electron chi connectivity index (χ4n) is 1.06. The van der Waals surface area contributed by atoms with Gasteiger partial charge in [0.05, 0.1) is 20.7 Å². The predicted octanol–water partition coefficient (Wildman–Crippen LogP) is 0.905. The lowest BCUT2D eigenvalue weighted by atomic mass is 10.3. The van der Waals surface area contributed by atoms with Crippen LogP contribution in [0.5, 0.6) is 0 Å². The van der Waals surface area contributed by atoms with Gasteiger partial charge in [-0.15, -0.1) is 0 Å². The Morgan fingerprint density at radius 1 is 1.47 bits per heavy atom. The van der Waals surface area contributed by atoms with E-state index in [1.807, 2.05) is 0 Å². The zero-order valence-electron chi connectivity index (χ0n) is 7.90. The summed E-state index contributed by atoms with van der Waals surface area (Å²) >= 11 is 5.85. The maximum absolute atomic E-state index is 11.7. The number of carbonyl (C=O) groups is 1. The Kier molecular flexibility index (Phi) is 4.11. The molecule has 0 aliphatic rings. The van der Waals surface area contributed by atoms with Crippen LogP contribution >= 0.6 is 11.6 Å². The lowest BCUT2D eigenvalue weighted by molar-refractivity contribution is -0.117. The highest BCUT2D eigenvalue weighted by molar-refractivity contribution is 7.85. The van der Waals surface area contributed by atoms with Crippen LogP contribution in [0.25, 0.3) is 0 Å². The summed E-state index contributed by atoms with van der Waals surface area (Å²) in [7, 11) is -1.38. The number of hydrogen-bond donors (Lipinski definition) is 2. The Morgan fingerprint density at radius 3 is 2.67 bits per heavy atom. The lowest BCUT2D eigenvalue weighted by Crippen LogP contribution is -2.15. The number of primary amides is 1. The van der Waals surface area contributed by atoms with Gasteiger partial charge < -0.3 is 11.5 Å². The highest BCUT2D eigenvalue weighted by atomic mass is 35.5. The van der Waals surface area contributed by atoms with E-state index in [1.165, 1.54) is 0 Å². The summed E-state index contributed by atoms with van der Waals surface area (Å²) in [4.78, 5) is 10.9. The van der Waals surface area contributed by atoms with Crippen LogP contribution in [0.2, 0.25) is 5.02 Å². The molecule has 0 fully saturated rings. The molecular weight excluding hydrogens is 236 g/mol. The Hall–Kier alpha value is -1.07. The maximum Gasteiger partial charge on any atom is 0.218 e. The number of nitrogens with two attached hydrogens (primary N) is 2. The van der Waals surface area contributed by atoms with E-state index in [0.29, 0.717) is 15.6 Å². The second-order valence-corrected chi connectivity index (χ2v) is 4.84. The average molecular weight is 247 g/mol. The van der Waals surface area contributed by atoms with Crippen LogP contribution < -0.4 is 11.5 Å². The number of halogens is 1. The Morgan fingerprint density at radius 2 is 2.13 bits per heavy atom. The van der Waals surface area contributed by atoms with Crippen LogP contribution in [-0.4, -0.2) is 15.9 Å². The van der Waals surface area contributed by atoms with Gasteiger partial charge in [-0.2, -0.15) is 0 Å². The molecule has 0 aliphatic carbocycles. The molecule has 0 radical (unpaired) electrons. The van der Waals surface area contributed by atoms with Crippen molar-refractivity contribution in [3.63, 3.8) is 0 Å². The van der Waals surface area contributed by atoms with Gasteiger partial charge in [-0.1, -0.05) is 17.7 Å². The number of carbonyl (C=O) groups excluding carboxylic acids is 1. The fourth-order valence-corrected chi connectivity index (χ4v) is 2.71. The van der Waals surface area contributed by atoms with Gasteiger partial charge in [-0.05, 0) is 12.1 Å². The molecule has 1 amide bonds. The van der Waals surface area contributed by atoms with E-state index in [-0.39, 0.29) is 12.2 Å². The topological polar surface area (TPSA) is 86.2 Å². The van der Waals surface area contributed by atoms with E-state index in [9.17, 15) is 9.00 Å². The van der Waals surface area contributed by atoms with Gasteiger partial charge in [-0.3, -0.25) is 9.00 Å². The van der Waals surface area contributed by atoms with Crippen molar-refractivity contribution >= 4 is 34.0 Å². The Balaban J connectivity index is 2.86. The van der Waals surface area contributed by atoms with Crippen molar-refractivity contribution in [1.29, 1.82) is 0 Å². The molecule has 0 saturated heterocycles. The minimum atomic E-state index is -1.38. The number of nitrogen functional groups attached to an aromatic ring is 1. The molecule has 1 aromatic carbocycles. The maximum atomic E-state index is 11.7. The van der Waals surface area contributed by atoms with E-state index in [1.54, 1.807) is 18.2 Å². The Labute approximate surface area is 95.0 Å². The van der Waals surface area contributed by atoms with Gasteiger partial charge in [0, 0.05) is 17.9 Å². The monoisotopic (exact) mass is 246 g/mol. The van der Waals surface area contributed by atoms with Crippen molar-refractivity contribution in [2.24, 2.45) is 5.73 Å². The molecule has 1 atom stereocenters. The van der Waals surface area contributed by atoms with Gasteiger partial charge in [0.15, 0.2) is 0 Å². The lowest BCUT2D eigenvalue weighted by Gasteiger charge is -2.06. The zero-order valence-corrected chi connectivity index (χ0v) is 9.48. The summed E-state index contributed by atoms with van der Waals surface area (Å²) in [6.07, 6.45) is 0.0529. The van der Waals surface area contributed by atoms with Crippen LogP contribution in [0.15, 0.2) is 23.1 Å². The van der Waals surface area contributed by atoms with E-state index in [0.717, 1.165) is 0 Å². The second kappa shape index (κ2) is 5.14. The average Bonchev–Trinajstić information content (AvgIpc) is 2.14.